The van der Waals surface area contributed by atoms with Crippen LogP contribution in [0.2, 0.25) is 0 Å². The van der Waals surface area contributed by atoms with E-state index in [9.17, 15) is 4.79 Å². The Morgan fingerprint density at radius 2 is 2.14 bits per heavy atom. The van der Waals surface area contributed by atoms with Gasteiger partial charge in [0.15, 0.2) is 5.13 Å². The van der Waals surface area contributed by atoms with Crippen molar-refractivity contribution in [3.05, 3.63) is 29.1 Å². The zero-order valence-electron chi connectivity index (χ0n) is 12.6. The number of nitrogens with zero attached hydrogens (tertiary/aromatic N) is 1. The number of aromatic nitrogens is 1. The molecule has 0 atom stereocenters. The second kappa shape index (κ2) is 5.83. The van der Waals surface area contributed by atoms with Crippen LogP contribution in [0.5, 0.6) is 5.75 Å². The molecule has 0 radical (unpaired) electrons. The standard InChI is InChI=1S/C15H19N3O2S/c1-9-5-6-12(20-4)10(7-9)11-8-21-14(17-11)18-13(19)15(2,3)16/h5-8H,16H2,1-4H3,(H,17,18,19). The summed E-state index contributed by atoms with van der Waals surface area (Å²) in [5.41, 5.74) is 7.61. The monoisotopic (exact) mass is 305 g/mol. The highest BCUT2D eigenvalue weighted by atomic mass is 32.1. The summed E-state index contributed by atoms with van der Waals surface area (Å²) in [5.74, 6) is 0.488. The number of hydrogen-bond acceptors (Lipinski definition) is 5. The fourth-order valence-electron chi connectivity index (χ4n) is 1.74. The minimum atomic E-state index is -0.938. The summed E-state index contributed by atoms with van der Waals surface area (Å²) in [4.78, 5) is 16.3. The third-order valence-corrected chi connectivity index (χ3v) is 3.70. The predicted molar refractivity (Wildman–Crippen MR) is 85.7 cm³/mol. The topological polar surface area (TPSA) is 77.2 Å². The minimum absolute atomic E-state index is 0.264. The highest BCUT2D eigenvalue weighted by Crippen LogP contribution is 2.33. The molecule has 0 fully saturated rings. The molecule has 0 aliphatic heterocycles. The molecule has 0 saturated heterocycles. The molecule has 0 unspecified atom stereocenters. The Morgan fingerprint density at radius 1 is 1.43 bits per heavy atom. The van der Waals surface area contributed by atoms with Gasteiger partial charge in [-0.15, -0.1) is 11.3 Å². The summed E-state index contributed by atoms with van der Waals surface area (Å²) in [7, 11) is 1.63. The molecule has 2 rings (SSSR count). The van der Waals surface area contributed by atoms with Gasteiger partial charge in [-0.25, -0.2) is 4.98 Å². The summed E-state index contributed by atoms with van der Waals surface area (Å²) >= 11 is 1.36. The molecule has 1 aromatic heterocycles. The average molecular weight is 305 g/mol. The van der Waals surface area contributed by atoms with E-state index in [1.54, 1.807) is 21.0 Å². The van der Waals surface area contributed by atoms with Gasteiger partial charge in [0.25, 0.3) is 0 Å². The van der Waals surface area contributed by atoms with E-state index in [2.05, 4.69) is 10.3 Å². The minimum Gasteiger partial charge on any atom is -0.496 e. The first kappa shape index (κ1) is 15.5. The number of methoxy groups -OCH3 is 1. The molecule has 1 aromatic carbocycles. The van der Waals surface area contributed by atoms with Crippen molar-refractivity contribution in [2.75, 3.05) is 12.4 Å². The number of amides is 1. The summed E-state index contributed by atoms with van der Waals surface area (Å²) < 4.78 is 5.36. The Kier molecular flexibility index (Phi) is 4.29. The molecule has 0 bridgehead atoms. The molecule has 1 heterocycles. The van der Waals surface area contributed by atoms with Gasteiger partial charge < -0.3 is 15.8 Å². The SMILES string of the molecule is COc1ccc(C)cc1-c1csc(NC(=O)C(C)(C)N)n1. The molecule has 0 aliphatic carbocycles. The van der Waals surface area contributed by atoms with E-state index in [-0.39, 0.29) is 5.91 Å². The average Bonchev–Trinajstić information content (AvgIpc) is 2.86. The number of benzene rings is 1. The van der Waals surface area contributed by atoms with Gasteiger partial charge in [0.1, 0.15) is 5.75 Å². The van der Waals surface area contributed by atoms with Crippen molar-refractivity contribution in [3.8, 4) is 17.0 Å². The number of thiazole rings is 1. The molecule has 0 saturated carbocycles. The van der Waals surface area contributed by atoms with Crippen LogP contribution in [0.25, 0.3) is 11.3 Å². The van der Waals surface area contributed by atoms with Crippen molar-refractivity contribution in [1.82, 2.24) is 4.98 Å². The van der Waals surface area contributed by atoms with Crippen molar-refractivity contribution in [1.29, 1.82) is 0 Å². The third kappa shape index (κ3) is 3.59. The second-order valence-corrected chi connectivity index (χ2v) is 6.28. The summed E-state index contributed by atoms with van der Waals surface area (Å²) in [6.07, 6.45) is 0. The van der Waals surface area contributed by atoms with E-state index in [1.165, 1.54) is 11.3 Å². The Balaban J connectivity index is 2.28. The van der Waals surface area contributed by atoms with E-state index in [4.69, 9.17) is 10.5 Å². The zero-order valence-corrected chi connectivity index (χ0v) is 13.4. The van der Waals surface area contributed by atoms with Gasteiger partial charge in [0.05, 0.1) is 18.3 Å². The van der Waals surface area contributed by atoms with Crippen molar-refractivity contribution in [3.63, 3.8) is 0 Å². The van der Waals surface area contributed by atoms with Crippen molar-refractivity contribution < 1.29 is 9.53 Å². The van der Waals surface area contributed by atoms with E-state index in [0.29, 0.717) is 5.13 Å². The van der Waals surface area contributed by atoms with Crippen molar-refractivity contribution >= 4 is 22.4 Å². The van der Waals surface area contributed by atoms with Gasteiger partial charge >= 0.3 is 0 Å². The quantitative estimate of drug-likeness (QED) is 0.910. The molecule has 21 heavy (non-hydrogen) atoms. The normalized spacial score (nSPS) is 11.3. The smallest absolute Gasteiger partial charge is 0.245 e. The molecular weight excluding hydrogens is 286 g/mol. The highest BCUT2D eigenvalue weighted by molar-refractivity contribution is 7.14. The summed E-state index contributed by atoms with van der Waals surface area (Å²) in [6.45, 7) is 5.32. The number of rotatable bonds is 4. The number of nitrogens with two attached hydrogens (primary N) is 1. The second-order valence-electron chi connectivity index (χ2n) is 5.42. The first-order valence-electron chi connectivity index (χ1n) is 6.52. The summed E-state index contributed by atoms with van der Waals surface area (Å²) in [5, 5.41) is 5.14. The first-order valence-corrected chi connectivity index (χ1v) is 7.40. The number of aryl methyl sites for hydroxylation is 1. The van der Waals surface area contributed by atoms with E-state index in [1.807, 2.05) is 30.5 Å². The van der Waals surface area contributed by atoms with Gasteiger partial charge in [-0.1, -0.05) is 11.6 Å². The zero-order chi connectivity index (χ0) is 15.6. The molecule has 3 N–H and O–H groups in total. The molecule has 1 amide bonds. The lowest BCUT2D eigenvalue weighted by atomic mass is 10.1. The van der Waals surface area contributed by atoms with Gasteiger partial charge in [-0.2, -0.15) is 0 Å². The Bertz CT molecular complexity index is 659. The van der Waals surface area contributed by atoms with Crippen molar-refractivity contribution in [2.45, 2.75) is 26.3 Å². The van der Waals surface area contributed by atoms with E-state index < -0.39 is 5.54 Å². The number of anilines is 1. The lowest BCUT2D eigenvalue weighted by Gasteiger charge is -2.16. The maximum atomic E-state index is 11.9. The molecule has 0 aliphatic rings. The van der Waals surface area contributed by atoms with Gasteiger partial charge in [0, 0.05) is 10.9 Å². The molecule has 6 heteroatoms. The van der Waals surface area contributed by atoms with E-state index in [0.717, 1.165) is 22.6 Å². The fraction of sp³-hybridized carbons (Fsp3) is 0.333. The number of carbonyl (C=O) groups is 1. The first-order chi connectivity index (χ1) is 9.81. The van der Waals surface area contributed by atoms with Crippen LogP contribution in [0.15, 0.2) is 23.6 Å². The molecule has 112 valence electrons. The lowest BCUT2D eigenvalue weighted by Crippen LogP contribution is -2.45. The molecule has 2 aromatic rings. The van der Waals surface area contributed by atoms with Gasteiger partial charge in [-0.05, 0) is 32.9 Å². The number of hydrogen-bond donors (Lipinski definition) is 2. The van der Waals surface area contributed by atoms with Crippen LogP contribution in [-0.2, 0) is 4.79 Å². The van der Waals surface area contributed by atoms with Crippen LogP contribution in [0, 0.1) is 6.92 Å². The Hall–Kier alpha value is -1.92. The van der Waals surface area contributed by atoms with Gasteiger partial charge in [0.2, 0.25) is 5.91 Å². The Labute approximate surface area is 128 Å². The van der Waals surface area contributed by atoms with Crippen LogP contribution < -0.4 is 15.8 Å². The molecular formula is C15H19N3O2S. The number of nitrogens with one attached hydrogen (secondary N) is 1. The lowest BCUT2D eigenvalue weighted by molar-refractivity contribution is -0.120. The fourth-order valence-corrected chi connectivity index (χ4v) is 2.44. The number of carbonyl (C=O) groups excluding carboxylic acids is 1. The maximum Gasteiger partial charge on any atom is 0.245 e. The summed E-state index contributed by atoms with van der Waals surface area (Å²) in [6, 6.07) is 5.89. The third-order valence-electron chi connectivity index (χ3n) is 2.94. The van der Waals surface area contributed by atoms with E-state index >= 15 is 0 Å². The highest BCUT2D eigenvalue weighted by Gasteiger charge is 2.23. The van der Waals surface area contributed by atoms with Crippen molar-refractivity contribution in [2.24, 2.45) is 5.73 Å². The van der Waals surface area contributed by atoms with Crippen LogP contribution in [0.4, 0.5) is 5.13 Å². The molecule has 0 spiro atoms. The number of ether oxygens (including phenoxy) is 1. The maximum absolute atomic E-state index is 11.9. The van der Waals surface area contributed by atoms with Crippen LogP contribution in [0.3, 0.4) is 0 Å². The molecule has 5 nitrogen and oxygen atoms in total. The Morgan fingerprint density at radius 3 is 2.76 bits per heavy atom. The largest absolute Gasteiger partial charge is 0.496 e. The van der Waals surface area contributed by atoms with Crippen LogP contribution in [0.1, 0.15) is 19.4 Å². The van der Waals surface area contributed by atoms with Gasteiger partial charge in [-0.3, -0.25) is 4.79 Å². The van der Waals surface area contributed by atoms with Crippen LogP contribution >= 0.6 is 11.3 Å². The van der Waals surface area contributed by atoms with Crippen LogP contribution in [-0.4, -0.2) is 23.5 Å². The predicted octanol–water partition coefficient (Wildman–Crippen LogP) is 2.80.